The second-order valence-electron chi connectivity index (χ2n) is 5.38. The molecule has 0 bridgehead atoms. The maximum Gasteiger partial charge on any atom is 0.274 e. The number of hydrogen-bond donors (Lipinski definition) is 2. The molecule has 1 aliphatic heterocycles. The van der Waals surface area contributed by atoms with Crippen molar-refractivity contribution in [3.05, 3.63) is 18.1 Å². The van der Waals surface area contributed by atoms with Crippen LogP contribution in [0.25, 0.3) is 0 Å². The number of nitrogens with one attached hydrogen (secondary N) is 1. The molecule has 1 aromatic rings. The zero-order chi connectivity index (χ0) is 15.1. The van der Waals surface area contributed by atoms with Gasteiger partial charge in [0, 0.05) is 25.7 Å². The standard InChI is InChI=1S/C15H24N4O2/c1-2-7-17-14-11-16-10-13(18-14)15(21)19-8-4-3-5-12(19)6-9-20/h10-12,20H,2-9H2,1H3,(H,17,18). The number of anilines is 1. The molecule has 6 heteroatoms. The summed E-state index contributed by atoms with van der Waals surface area (Å²) in [5, 5.41) is 12.3. The summed E-state index contributed by atoms with van der Waals surface area (Å²) in [6.45, 7) is 3.72. The van der Waals surface area contributed by atoms with E-state index in [1.165, 1.54) is 6.20 Å². The summed E-state index contributed by atoms with van der Waals surface area (Å²) in [6.07, 6.45) is 7.84. The van der Waals surface area contributed by atoms with Gasteiger partial charge in [-0.3, -0.25) is 9.78 Å². The first-order valence-corrected chi connectivity index (χ1v) is 7.74. The van der Waals surface area contributed by atoms with Crippen LogP contribution in [-0.4, -0.2) is 51.6 Å². The van der Waals surface area contributed by atoms with Crippen LogP contribution in [0.2, 0.25) is 0 Å². The van der Waals surface area contributed by atoms with E-state index < -0.39 is 0 Å². The fourth-order valence-electron chi connectivity index (χ4n) is 2.67. The fourth-order valence-corrected chi connectivity index (χ4v) is 2.67. The molecule has 116 valence electrons. The Labute approximate surface area is 125 Å². The Morgan fingerprint density at radius 1 is 1.48 bits per heavy atom. The van der Waals surface area contributed by atoms with Crippen LogP contribution in [0.4, 0.5) is 5.82 Å². The van der Waals surface area contributed by atoms with Gasteiger partial charge in [0.2, 0.25) is 0 Å². The molecule has 0 aliphatic carbocycles. The number of piperidine rings is 1. The van der Waals surface area contributed by atoms with E-state index in [1.807, 2.05) is 4.90 Å². The van der Waals surface area contributed by atoms with Crippen molar-refractivity contribution < 1.29 is 9.90 Å². The first-order chi connectivity index (χ1) is 10.3. The highest BCUT2D eigenvalue weighted by Crippen LogP contribution is 2.21. The average Bonchev–Trinajstić information content (AvgIpc) is 2.53. The second kappa shape index (κ2) is 7.93. The molecule has 1 unspecified atom stereocenters. The molecule has 2 N–H and O–H groups in total. The van der Waals surface area contributed by atoms with Crippen LogP contribution in [0.5, 0.6) is 0 Å². The van der Waals surface area contributed by atoms with Crippen molar-refractivity contribution in [3.63, 3.8) is 0 Å². The molecule has 1 saturated heterocycles. The molecule has 0 radical (unpaired) electrons. The van der Waals surface area contributed by atoms with Crippen molar-refractivity contribution in [1.29, 1.82) is 0 Å². The lowest BCUT2D eigenvalue weighted by atomic mass is 9.99. The van der Waals surface area contributed by atoms with Crippen LogP contribution in [0.1, 0.15) is 49.5 Å². The summed E-state index contributed by atoms with van der Waals surface area (Å²) in [5.41, 5.74) is 0.376. The van der Waals surface area contributed by atoms with E-state index in [1.54, 1.807) is 6.20 Å². The Balaban J connectivity index is 2.10. The van der Waals surface area contributed by atoms with E-state index in [2.05, 4.69) is 22.2 Å². The van der Waals surface area contributed by atoms with Crippen LogP contribution in [-0.2, 0) is 0 Å². The largest absolute Gasteiger partial charge is 0.396 e. The van der Waals surface area contributed by atoms with Crippen LogP contribution in [0, 0.1) is 0 Å². The van der Waals surface area contributed by atoms with Crippen molar-refractivity contribution in [1.82, 2.24) is 14.9 Å². The number of aliphatic hydroxyl groups is 1. The zero-order valence-corrected chi connectivity index (χ0v) is 12.6. The van der Waals surface area contributed by atoms with Crippen molar-refractivity contribution in [2.24, 2.45) is 0 Å². The summed E-state index contributed by atoms with van der Waals surface area (Å²) in [5.74, 6) is 0.555. The third-order valence-electron chi connectivity index (χ3n) is 3.76. The smallest absolute Gasteiger partial charge is 0.274 e. The van der Waals surface area contributed by atoms with Gasteiger partial charge in [0.05, 0.1) is 12.4 Å². The number of nitrogens with zero attached hydrogens (tertiary/aromatic N) is 3. The minimum Gasteiger partial charge on any atom is -0.396 e. The van der Waals surface area contributed by atoms with Crippen molar-refractivity contribution in [3.8, 4) is 0 Å². The minimum absolute atomic E-state index is 0.0826. The number of carbonyl (C=O) groups is 1. The predicted octanol–water partition coefficient (Wildman–Crippen LogP) is 1.68. The van der Waals surface area contributed by atoms with E-state index in [-0.39, 0.29) is 18.6 Å². The monoisotopic (exact) mass is 292 g/mol. The molecule has 1 fully saturated rings. The third kappa shape index (κ3) is 4.14. The summed E-state index contributed by atoms with van der Waals surface area (Å²) >= 11 is 0. The van der Waals surface area contributed by atoms with E-state index in [0.29, 0.717) is 17.9 Å². The number of carbonyl (C=O) groups excluding carboxylic acids is 1. The Bertz CT molecular complexity index is 465. The molecule has 2 rings (SSSR count). The Morgan fingerprint density at radius 3 is 3.10 bits per heavy atom. The lowest BCUT2D eigenvalue weighted by Crippen LogP contribution is -2.44. The number of rotatable bonds is 6. The Hall–Kier alpha value is -1.69. The van der Waals surface area contributed by atoms with E-state index in [4.69, 9.17) is 5.11 Å². The molecule has 1 aromatic heterocycles. The predicted molar refractivity (Wildman–Crippen MR) is 81.2 cm³/mol. The van der Waals surface area contributed by atoms with Gasteiger partial charge in [-0.15, -0.1) is 0 Å². The highest BCUT2D eigenvalue weighted by Gasteiger charge is 2.28. The maximum absolute atomic E-state index is 12.6. The number of aliphatic hydroxyl groups excluding tert-OH is 1. The zero-order valence-electron chi connectivity index (χ0n) is 12.6. The van der Waals surface area contributed by atoms with E-state index in [9.17, 15) is 4.79 Å². The van der Waals surface area contributed by atoms with Crippen LogP contribution in [0.15, 0.2) is 12.4 Å². The van der Waals surface area contributed by atoms with Crippen LogP contribution < -0.4 is 5.32 Å². The molecule has 0 saturated carbocycles. The Morgan fingerprint density at radius 2 is 2.33 bits per heavy atom. The molecule has 0 spiro atoms. The third-order valence-corrected chi connectivity index (χ3v) is 3.76. The van der Waals surface area contributed by atoms with E-state index >= 15 is 0 Å². The maximum atomic E-state index is 12.6. The molecule has 21 heavy (non-hydrogen) atoms. The van der Waals surface area contributed by atoms with Gasteiger partial charge in [0.25, 0.3) is 5.91 Å². The molecule has 1 aliphatic rings. The van der Waals surface area contributed by atoms with Gasteiger partial charge in [0.1, 0.15) is 11.5 Å². The van der Waals surface area contributed by atoms with Crippen molar-refractivity contribution >= 4 is 11.7 Å². The SMILES string of the molecule is CCCNc1cncc(C(=O)N2CCCCC2CCO)n1. The highest BCUT2D eigenvalue weighted by molar-refractivity contribution is 5.92. The van der Waals surface area contributed by atoms with Crippen LogP contribution in [0.3, 0.4) is 0 Å². The molecular weight excluding hydrogens is 268 g/mol. The van der Waals surface area contributed by atoms with Gasteiger partial charge in [0.15, 0.2) is 0 Å². The summed E-state index contributed by atoms with van der Waals surface area (Å²) < 4.78 is 0. The summed E-state index contributed by atoms with van der Waals surface area (Å²) in [7, 11) is 0. The van der Waals surface area contributed by atoms with Crippen LogP contribution >= 0.6 is 0 Å². The molecule has 0 aromatic carbocycles. The first kappa shape index (κ1) is 15.7. The van der Waals surface area contributed by atoms with Gasteiger partial charge in [-0.05, 0) is 32.1 Å². The lowest BCUT2D eigenvalue weighted by molar-refractivity contribution is 0.0568. The van der Waals surface area contributed by atoms with Gasteiger partial charge in [-0.1, -0.05) is 6.92 Å². The number of likely N-dealkylation sites (tertiary alicyclic amines) is 1. The molecule has 1 amide bonds. The molecular formula is C15H24N4O2. The summed E-state index contributed by atoms with van der Waals surface area (Å²) in [6, 6.07) is 0.116. The average molecular weight is 292 g/mol. The summed E-state index contributed by atoms with van der Waals surface area (Å²) in [4.78, 5) is 22.9. The second-order valence-corrected chi connectivity index (χ2v) is 5.38. The quantitative estimate of drug-likeness (QED) is 0.834. The number of amides is 1. The van der Waals surface area contributed by atoms with Gasteiger partial charge < -0.3 is 15.3 Å². The van der Waals surface area contributed by atoms with Crippen molar-refractivity contribution in [2.45, 2.75) is 45.1 Å². The van der Waals surface area contributed by atoms with Gasteiger partial charge in [-0.2, -0.15) is 0 Å². The lowest BCUT2D eigenvalue weighted by Gasteiger charge is -2.35. The van der Waals surface area contributed by atoms with Gasteiger partial charge in [-0.25, -0.2) is 4.98 Å². The highest BCUT2D eigenvalue weighted by atomic mass is 16.3. The molecule has 6 nitrogen and oxygen atoms in total. The fraction of sp³-hybridized carbons (Fsp3) is 0.667. The first-order valence-electron chi connectivity index (χ1n) is 7.74. The molecule has 2 heterocycles. The van der Waals surface area contributed by atoms with Gasteiger partial charge >= 0.3 is 0 Å². The van der Waals surface area contributed by atoms with E-state index in [0.717, 1.165) is 38.8 Å². The molecule has 1 atom stereocenters. The number of aromatic nitrogens is 2. The normalized spacial score (nSPS) is 18.6. The number of hydrogen-bond acceptors (Lipinski definition) is 5. The Kier molecular flexibility index (Phi) is 5.92. The van der Waals surface area contributed by atoms with Crippen molar-refractivity contribution in [2.75, 3.05) is 25.0 Å². The minimum atomic E-state index is -0.0826. The topological polar surface area (TPSA) is 78.4 Å².